The number of aryl methyl sites for hydroxylation is 1. The molecule has 0 aliphatic carbocycles. The Bertz CT molecular complexity index is 3020. The maximum Gasteiger partial charge on any atom is 0.252 e. The quantitative estimate of drug-likeness (QED) is 0.160. The minimum Gasteiger partial charge on any atom is -0.454 e. The molecule has 5 heterocycles. The average Bonchev–Trinajstić information content (AvgIpc) is 3.78. The highest BCUT2D eigenvalue weighted by molar-refractivity contribution is 7.26. The Morgan fingerprint density at radius 3 is 2.13 bits per heavy atom. The topological polar surface area (TPSA) is 21.3 Å². The van der Waals surface area contributed by atoms with Gasteiger partial charge in [0.2, 0.25) is 0 Å². The van der Waals surface area contributed by atoms with Gasteiger partial charge in [-0.25, -0.2) is 0 Å². The lowest BCUT2D eigenvalue weighted by Gasteiger charge is -2.41. The number of hydrogen-bond acceptors (Lipinski definition) is 3. The van der Waals surface area contributed by atoms with E-state index in [1.54, 1.807) is 0 Å². The van der Waals surface area contributed by atoms with E-state index in [9.17, 15) is 0 Å². The van der Waals surface area contributed by atoms with E-state index >= 15 is 0 Å². The molecule has 5 heteroatoms. The van der Waals surface area contributed by atoms with Gasteiger partial charge in [0.25, 0.3) is 6.71 Å². The number of benzene rings is 6. The van der Waals surface area contributed by atoms with E-state index in [0.29, 0.717) is 0 Å². The summed E-state index contributed by atoms with van der Waals surface area (Å²) in [7, 11) is 0. The molecule has 0 saturated carbocycles. The zero-order valence-electron chi connectivity index (χ0n) is 30.7. The van der Waals surface area contributed by atoms with Crippen LogP contribution in [-0.2, 0) is 10.8 Å². The van der Waals surface area contributed by atoms with Crippen LogP contribution in [0.1, 0.15) is 58.2 Å². The molecule has 9 aromatic rings. The first-order valence-corrected chi connectivity index (χ1v) is 19.3. The summed E-state index contributed by atoms with van der Waals surface area (Å²) < 4.78 is 10.9. The van der Waals surface area contributed by atoms with Crippen LogP contribution in [0.25, 0.3) is 58.8 Å². The number of thiophene rings is 1. The van der Waals surface area contributed by atoms with Crippen LogP contribution < -0.4 is 21.3 Å². The third kappa shape index (κ3) is 3.92. The molecule has 0 spiro atoms. The molecule has 0 N–H and O–H groups in total. The number of hydrogen-bond donors (Lipinski definition) is 0. The number of anilines is 3. The molecule has 252 valence electrons. The molecule has 2 aliphatic heterocycles. The second kappa shape index (κ2) is 9.99. The van der Waals surface area contributed by atoms with Crippen LogP contribution in [0.5, 0.6) is 0 Å². The molecule has 0 bridgehead atoms. The molecule has 0 atom stereocenters. The number of furan rings is 1. The largest absolute Gasteiger partial charge is 0.454 e. The Labute approximate surface area is 308 Å². The summed E-state index contributed by atoms with van der Waals surface area (Å²) in [5.74, 6) is 0. The first-order chi connectivity index (χ1) is 25.0. The second-order valence-electron chi connectivity index (χ2n) is 17.1. The Morgan fingerprint density at radius 1 is 0.596 bits per heavy atom. The van der Waals surface area contributed by atoms with Crippen LogP contribution in [0.2, 0.25) is 0 Å². The van der Waals surface area contributed by atoms with E-state index < -0.39 is 0 Å². The summed E-state index contributed by atoms with van der Waals surface area (Å²) in [4.78, 5) is 3.85. The molecule has 3 aromatic heterocycles. The van der Waals surface area contributed by atoms with Crippen molar-refractivity contribution in [1.29, 1.82) is 0 Å². The Kier molecular flexibility index (Phi) is 5.84. The molecule has 0 amide bonds. The van der Waals surface area contributed by atoms with Gasteiger partial charge in [-0.05, 0) is 87.2 Å². The van der Waals surface area contributed by atoms with E-state index in [1.165, 1.54) is 81.3 Å². The van der Waals surface area contributed by atoms with Crippen LogP contribution in [0.4, 0.5) is 17.1 Å². The highest BCUT2D eigenvalue weighted by Gasteiger charge is 2.43. The van der Waals surface area contributed by atoms with Crippen LogP contribution in [-0.4, -0.2) is 11.3 Å². The maximum absolute atomic E-state index is 6.96. The van der Waals surface area contributed by atoms with Gasteiger partial charge >= 0.3 is 0 Å². The van der Waals surface area contributed by atoms with E-state index in [-0.39, 0.29) is 17.5 Å². The van der Waals surface area contributed by atoms with Gasteiger partial charge in [0.1, 0.15) is 10.4 Å². The Hall–Kier alpha value is -5.26. The van der Waals surface area contributed by atoms with Crippen LogP contribution in [0, 0.1) is 6.92 Å². The first kappa shape index (κ1) is 30.4. The van der Waals surface area contributed by atoms with Crippen molar-refractivity contribution in [2.45, 2.75) is 59.3 Å². The number of para-hydroxylation sites is 2. The lowest BCUT2D eigenvalue weighted by molar-refractivity contribution is 0.587. The van der Waals surface area contributed by atoms with Gasteiger partial charge in [-0.15, -0.1) is 11.3 Å². The SMILES string of the molecule is Cc1cc2c3c(c1)-n1c4sc5ccccc5c4c4cccc(c41)B3c1ccc(C(C)(C)C)cc1N2c1cccc2c1oc1cc(C(C)(C)C)ccc12. The van der Waals surface area contributed by atoms with E-state index in [4.69, 9.17) is 4.42 Å². The summed E-state index contributed by atoms with van der Waals surface area (Å²) >= 11 is 1.91. The number of nitrogens with zero attached hydrogens (tertiary/aromatic N) is 2. The van der Waals surface area contributed by atoms with Gasteiger partial charge in [-0.3, -0.25) is 0 Å². The van der Waals surface area contributed by atoms with Gasteiger partial charge in [0, 0.05) is 48.7 Å². The Morgan fingerprint density at radius 2 is 1.31 bits per heavy atom. The normalized spacial score (nSPS) is 14.0. The molecule has 0 radical (unpaired) electrons. The maximum atomic E-state index is 6.96. The summed E-state index contributed by atoms with van der Waals surface area (Å²) in [6, 6.07) is 41.4. The summed E-state index contributed by atoms with van der Waals surface area (Å²) in [5.41, 5.74) is 16.0. The molecule has 3 nitrogen and oxygen atoms in total. The van der Waals surface area contributed by atoms with Crippen molar-refractivity contribution in [2.75, 3.05) is 4.90 Å². The third-order valence-corrected chi connectivity index (χ3v) is 12.9. The number of rotatable bonds is 1. The van der Waals surface area contributed by atoms with E-state index in [2.05, 4.69) is 167 Å². The smallest absolute Gasteiger partial charge is 0.252 e. The van der Waals surface area contributed by atoms with E-state index in [1.807, 2.05) is 11.3 Å². The third-order valence-electron chi connectivity index (χ3n) is 11.7. The predicted molar refractivity (Wildman–Crippen MR) is 225 cm³/mol. The molecule has 0 saturated heterocycles. The number of fused-ring (bicyclic) bond motifs is 12. The minimum absolute atomic E-state index is 0.0137. The van der Waals surface area contributed by atoms with Gasteiger partial charge in [0.05, 0.1) is 11.2 Å². The molecule has 52 heavy (non-hydrogen) atoms. The minimum atomic E-state index is -0.0137. The fourth-order valence-corrected chi connectivity index (χ4v) is 10.4. The monoisotopic (exact) mass is 690 g/mol. The zero-order valence-corrected chi connectivity index (χ0v) is 31.5. The highest BCUT2D eigenvalue weighted by Crippen LogP contribution is 2.48. The lowest BCUT2D eigenvalue weighted by Crippen LogP contribution is -2.60. The summed E-state index contributed by atoms with van der Waals surface area (Å²) in [6.07, 6.45) is 0. The summed E-state index contributed by atoms with van der Waals surface area (Å²) in [5, 5.41) is 6.36. The summed E-state index contributed by atoms with van der Waals surface area (Å²) in [6.45, 7) is 16.1. The van der Waals surface area contributed by atoms with Crippen molar-refractivity contribution >= 4 is 105 Å². The van der Waals surface area contributed by atoms with Gasteiger partial charge in [-0.2, -0.15) is 0 Å². The van der Waals surface area contributed by atoms with Crippen molar-refractivity contribution in [3.63, 3.8) is 0 Å². The predicted octanol–water partition coefficient (Wildman–Crippen LogP) is 11.4. The van der Waals surface area contributed by atoms with Crippen molar-refractivity contribution < 1.29 is 4.42 Å². The van der Waals surface area contributed by atoms with Gasteiger partial charge in [0.15, 0.2) is 5.58 Å². The molecule has 0 unspecified atom stereocenters. The van der Waals surface area contributed by atoms with Crippen LogP contribution in [0.15, 0.2) is 114 Å². The van der Waals surface area contributed by atoms with Crippen LogP contribution in [0.3, 0.4) is 0 Å². The van der Waals surface area contributed by atoms with Gasteiger partial charge in [-0.1, -0.05) is 114 Å². The van der Waals surface area contributed by atoms with Crippen molar-refractivity contribution in [3.05, 3.63) is 126 Å². The first-order valence-electron chi connectivity index (χ1n) is 18.5. The fraction of sp³-hybridized carbons (Fsp3) is 0.191. The second-order valence-corrected chi connectivity index (χ2v) is 18.1. The molecular weight excluding hydrogens is 651 g/mol. The standard InChI is InChI=1S/C47H39BN2OS/c1-26-22-37-42-38(23-26)50-43-32(41-31-12-8-9-17-40(31)52-45(41)50)14-10-15-34(43)48(42)33-21-19-27(46(2,3)4)24-36(33)49(37)35-16-11-13-30-29-20-18-28(47(5,6)7)25-39(29)51-44(30)35/h8-25H,1-7H3. The van der Waals surface area contributed by atoms with Crippen molar-refractivity contribution in [2.24, 2.45) is 0 Å². The highest BCUT2D eigenvalue weighted by atomic mass is 32.1. The molecule has 11 rings (SSSR count). The number of aromatic nitrogens is 1. The average molecular weight is 691 g/mol. The Balaban J connectivity index is 1.27. The molecule has 6 aromatic carbocycles. The van der Waals surface area contributed by atoms with E-state index in [0.717, 1.165) is 27.6 Å². The molecular formula is C47H39BN2OS. The van der Waals surface area contributed by atoms with Crippen molar-refractivity contribution in [3.8, 4) is 5.69 Å². The fourth-order valence-electron chi connectivity index (χ4n) is 9.19. The molecule has 2 aliphatic rings. The van der Waals surface area contributed by atoms with Gasteiger partial charge < -0.3 is 13.9 Å². The lowest BCUT2D eigenvalue weighted by atomic mass is 9.33. The van der Waals surface area contributed by atoms with Crippen LogP contribution >= 0.6 is 11.3 Å². The van der Waals surface area contributed by atoms with Crippen molar-refractivity contribution in [1.82, 2.24) is 4.57 Å². The molecule has 0 fully saturated rings. The zero-order chi connectivity index (χ0) is 35.4.